The summed E-state index contributed by atoms with van der Waals surface area (Å²) >= 11 is 0. The lowest BCUT2D eigenvalue weighted by Gasteiger charge is -2.25. The normalized spacial score (nSPS) is 11.0. The molecule has 0 unspecified atom stereocenters. The van der Waals surface area contributed by atoms with Gasteiger partial charge in [-0.1, -0.05) is 48.0 Å². The average molecular weight is 469 g/mol. The number of methoxy groups -OCH3 is 1. The zero-order chi connectivity index (χ0) is 24.8. The van der Waals surface area contributed by atoms with Crippen molar-refractivity contribution >= 4 is 5.91 Å². The molecule has 4 aromatic rings. The first kappa shape index (κ1) is 24.2. The van der Waals surface area contributed by atoms with Gasteiger partial charge in [0.1, 0.15) is 11.4 Å². The number of nitrogens with zero attached hydrogens (tertiary/aromatic N) is 4. The van der Waals surface area contributed by atoms with E-state index in [9.17, 15) is 4.79 Å². The molecule has 0 fully saturated rings. The zero-order valence-electron chi connectivity index (χ0n) is 20.8. The van der Waals surface area contributed by atoms with Crippen molar-refractivity contribution in [3.8, 4) is 22.7 Å². The van der Waals surface area contributed by atoms with Crippen LogP contribution in [0.25, 0.3) is 16.9 Å². The number of benzene rings is 3. The second kappa shape index (κ2) is 11.0. The number of carbonyl (C=O) groups excluding carboxylic acids is 1. The van der Waals surface area contributed by atoms with Crippen molar-refractivity contribution in [2.45, 2.75) is 13.5 Å². The number of amides is 1. The van der Waals surface area contributed by atoms with E-state index in [2.05, 4.69) is 17.0 Å². The fourth-order valence-corrected chi connectivity index (χ4v) is 3.86. The molecule has 35 heavy (non-hydrogen) atoms. The monoisotopic (exact) mass is 468 g/mol. The van der Waals surface area contributed by atoms with E-state index in [0.29, 0.717) is 18.8 Å². The fourth-order valence-electron chi connectivity index (χ4n) is 3.86. The number of aromatic nitrogens is 2. The Hall–Kier alpha value is -3.90. The summed E-state index contributed by atoms with van der Waals surface area (Å²) in [5.74, 6) is 0.726. The van der Waals surface area contributed by atoms with Crippen LogP contribution in [0.2, 0.25) is 0 Å². The van der Waals surface area contributed by atoms with Gasteiger partial charge < -0.3 is 14.5 Å². The third kappa shape index (κ3) is 5.97. The minimum Gasteiger partial charge on any atom is -0.497 e. The summed E-state index contributed by atoms with van der Waals surface area (Å²) in [6, 6.07) is 27.8. The van der Waals surface area contributed by atoms with E-state index >= 15 is 0 Å². The number of aryl methyl sites for hydroxylation is 1. The SMILES string of the molecule is COc1ccc(-c2cc(C(=O)N(CCN(C)C)Cc3ccccc3)n(-c3ccc(C)cc3)n2)cc1. The molecule has 0 spiro atoms. The van der Waals surface area contributed by atoms with Crippen molar-refractivity contribution in [1.82, 2.24) is 19.6 Å². The van der Waals surface area contributed by atoms with E-state index in [4.69, 9.17) is 9.84 Å². The van der Waals surface area contributed by atoms with E-state index in [-0.39, 0.29) is 5.91 Å². The fraction of sp³-hybridized carbons (Fsp3) is 0.241. The highest BCUT2D eigenvalue weighted by atomic mass is 16.5. The molecule has 0 aliphatic carbocycles. The van der Waals surface area contributed by atoms with E-state index in [1.165, 1.54) is 0 Å². The van der Waals surface area contributed by atoms with Gasteiger partial charge in [0.05, 0.1) is 18.5 Å². The van der Waals surface area contributed by atoms with Crippen LogP contribution < -0.4 is 4.74 Å². The summed E-state index contributed by atoms with van der Waals surface area (Å²) in [7, 11) is 5.68. The number of carbonyl (C=O) groups is 1. The molecule has 0 atom stereocenters. The van der Waals surface area contributed by atoms with Gasteiger partial charge in [-0.15, -0.1) is 0 Å². The second-order valence-electron chi connectivity index (χ2n) is 8.91. The quantitative estimate of drug-likeness (QED) is 0.345. The van der Waals surface area contributed by atoms with Gasteiger partial charge in [0, 0.05) is 25.2 Å². The summed E-state index contributed by atoms with van der Waals surface area (Å²) in [6.45, 7) is 3.95. The Labute approximate surface area is 207 Å². The van der Waals surface area contributed by atoms with Gasteiger partial charge in [-0.2, -0.15) is 5.10 Å². The molecule has 0 saturated carbocycles. The Morgan fingerprint density at radius 1 is 0.914 bits per heavy atom. The molecule has 1 amide bonds. The summed E-state index contributed by atoms with van der Waals surface area (Å²) in [4.78, 5) is 18.0. The molecular weight excluding hydrogens is 436 g/mol. The first-order valence-electron chi connectivity index (χ1n) is 11.7. The van der Waals surface area contributed by atoms with E-state index in [1.54, 1.807) is 11.8 Å². The maximum Gasteiger partial charge on any atom is 0.272 e. The van der Waals surface area contributed by atoms with Crippen LogP contribution in [0.15, 0.2) is 84.9 Å². The van der Waals surface area contributed by atoms with E-state index < -0.39 is 0 Å². The van der Waals surface area contributed by atoms with E-state index in [0.717, 1.165) is 40.4 Å². The van der Waals surface area contributed by atoms with E-state index in [1.807, 2.05) is 98.7 Å². The van der Waals surface area contributed by atoms with Crippen LogP contribution in [-0.4, -0.2) is 59.8 Å². The highest BCUT2D eigenvalue weighted by Crippen LogP contribution is 2.25. The Morgan fingerprint density at radius 2 is 1.60 bits per heavy atom. The average Bonchev–Trinajstić information content (AvgIpc) is 3.32. The summed E-state index contributed by atoms with van der Waals surface area (Å²) in [5, 5.41) is 4.86. The maximum absolute atomic E-state index is 14.0. The molecule has 0 aliphatic rings. The van der Waals surface area contributed by atoms with Crippen LogP contribution in [0.3, 0.4) is 0 Å². The van der Waals surface area contributed by atoms with Crippen molar-refractivity contribution in [3.63, 3.8) is 0 Å². The van der Waals surface area contributed by atoms with Crippen LogP contribution in [-0.2, 0) is 6.54 Å². The van der Waals surface area contributed by atoms with Crippen LogP contribution in [0.1, 0.15) is 21.6 Å². The summed E-state index contributed by atoms with van der Waals surface area (Å²) in [6.07, 6.45) is 0. The van der Waals surface area contributed by atoms with Crippen molar-refractivity contribution < 1.29 is 9.53 Å². The van der Waals surface area contributed by atoms with Gasteiger partial charge in [-0.05, 0) is 69.0 Å². The lowest BCUT2D eigenvalue weighted by molar-refractivity contribution is 0.0722. The van der Waals surface area contributed by atoms with Gasteiger partial charge >= 0.3 is 0 Å². The van der Waals surface area contributed by atoms with Crippen molar-refractivity contribution in [1.29, 1.82) is 0 Å². The lowest BCUT2D eigenvalue weighted by atomic mass is 10.1. The zero-order valence-corrected chi connectivity index (χ0v) is 20.8. The number of hydrogen-bond donors (Lipinski definition) is 0. The van der Waals surface area contributed by atoms with Crippen molar-refractivity contribution in [3.05, 3.63) is 102 Å². The standard InChI is InChI=1S/C29H32N4O2/c1-22-10-14-25(15-11-22)33-28(20-27(30-33)24-12-16-26(35-4)17-13-24)29(34)32(19-18-31(2)3)21-23-8-6-5-7-9-23/h5-17,20H,18-19,21H2,1-4H3. The number of likely N-dealkylation sites (N-methyl/N-ethyl adjacent to an activating group) is 1. The highest BCUT2D eigenvalue weighted by molar-refractivity contribution is 5.94. The Kier molecular flexibility index (Phi) is 7.63. The molecule has 0 bridgehead atoms. The van der Waals surface area contributed by atoms with Crippen molar-refractivity contribution in [2.75, 3.05) is 34.3 Å². The van der Waals surface area contributed by atoms with Gasteiger partial charge in [0.25, 0.3) is 5.91 Å². The third-order valence-corrected chi connectivity index (χ3v) is 5.91. The molecule has 1 aromatic heterocycles. The molecule has 0 saturated heterocycles. The van der Waals surface area contributed by atoms with Crippen LogP contribution in [0.5, 0.6) is 5.75 Å². The summed E-state index contributed by atoms with van der Waals surface area (Å²) < 4.78 is 7.06. The Bertz CT molecular complexity index is 1250. The third-order valence-electron chi connectivity index (χ3n) is 5.91. The number of ether oxygens (including phenoxy) is 1. The molecule has 4 rings (SSSR count). The number of rotatable bonds is 9. The Morgan fingerprint density at radius 3 is 2.23 bits per heavy atom. The smallest absolute Gasteiger partial charge is 0.272 e. The molecular formula is C29H32N4O2. The van der Waals surface area contributed by atoms with Crippen LogP contribution in [0.4, 0.5) is 0 Å². The molecule has 6 heteroatoms. The largest absolute Gasteiger partial charge is 0.497 e. The van der Waals surface area contributed by atoms with Crippen LogP contribution in [0, 0.1) is 6.92 Å². The first-order valence-corrected chi connectivity index (χ1v) is 11.7. The Balaban J connectivity index is 1.75. The van der Waals surface area contributed by atoms with Gasteiger partial charge in [0.15, 0.2) is 0 Å². The lowest BCUT2D eigenvalue weighted by Crippen LogP contribution is -2.37. The predicted molar refractivity (Wildman–Crippen MR) is 140 cm³/mol. The molecule has 180 valence electrons. The summed E-state index contributed by atoms with van der Waals surface area (Å²) in [5.41, 5.74) is 5.30. The molecule has 1 heterocycles. The minimum atomic E-state index is -0.0523. The molecule has 0 aliphatic heterocycles. The van der Waals surface area contributed by atoms with Crippen LogP contribution >= 0.6 is 0 Å². The topological polar surface area (TPSA) is 50.6 Å². The first-order chi connectivity index (χ1) is 16.9. The van der Waals surface area contributed by atoms with Gasteiger partial charge in [-0.3, -0.25) is 4.79 Å². The number of hydrogen-bond acceptors (Lipinski definition) is 4. The molecule has 6 nitrogen and oxygen atoms in total. The molecule has 3 aromatic carbocycles. The predicted octanol–water partition coefficient (Wildman–Crippen LogP) is 5.06. The van der Waals surface area contributed by atoms with Crippen molar-refractivity contribution in [2.24, 2.45) is 0 Å². The maximum atomic E-state index is 14.0. The van der Waals surface area contributed by atoms with Gasteiger partial charge in [-0.25, -0.2) is 4.68 Å². The molecule has 0 radical (unpaired) electrons. The second-order valence-corrected chi connectivity index (χ2v) is 8.91. The minimum absolute atomic E-state index is 0.0523. The van der Waals surface area contributed by atoms with Gasteiger partial charge in [0.2, 0.25) is 0 Å². The molecule has 0 N–H and O–H groups in total. The highest BCUT2D eigenvalue weighted by Gasteiger charge is 2.23.